The highest BCUT2D eigenvalue weighted by Gasteiger charge is 2.30. The van der Waals surface area contributed by atoms with E-state index < -0.39 is 33.6 Å². The lowest BCUT2D eigenvalue weighted by Crippen LogP contribution is -2.38. The van der Waals surface area contributed by atoms with Crippen molar-refractivity contribution in [1.29, 1.82) is 0 Å². The molecule has 0 aliphatic rings. The van der Waals surface area contributed by atoms with Gasteiger partial charge in [-0.05, 0) is 17.7 Å². The van der Waals surface area contributed by atoms with Crippen LogP contribution in [0.4, 0.5) is 14.5 Å². The fourth-order valence-corrected chi connectivity index (χ4v) is 2.74. The zero-order valence-electron chi connectivity index (χ0n) is 13.0. The lowest BCUT2D eigenvalue weighted by molar-refractivity contribution is -0.119. The monoisotopic (exact) mass is 354 g/mol. The Bertz CT molecular complexity index is 842. The third-order valence-corrected chi connectivity index (χ3v) is 4.69. The summed E-state index contributed by atoms with van der Waals surface area (Å²) in [6, 6.07) is 10.0. The molecule has 0 saturated heterocycles. The largest absolute Gasteiger partial charge is 0.324 e. The van der Waals surface area contributed by atoms with Crippen LogP contribution in [0.2, 0.25) is 0 Å². The average molecular weight is 354 g/mol. The molecule has 0 radical (unpaired) electrons. The third-order valence-electron chi connectivity index (χ3n) is 3.44. The van der Waals surface area contributed by atoms with Crippen molar-refractivity contribution in [2.45, 2.75) is 6.04 Å². The van der Waals surface area contributed by atoms with Crippen LogP contribution in [0.15, 0.2) is 48.5 Å². The van der Waals surface area contributed by atoms with Crippen molar-refractivity contribution in [1.82, 2.24) is 4.31 Å². The summed E-state index contributed by atoms with van der Waals surface area (Å²) in [6.07, 6.45) is 0.980. The molecule has 8 heteroatoms. The Kier molecular flexibility index (Phi) is 5.30. The van der Waals surface area contributed by atoms with Crippen molar-refractivity contribution in [2.75, 3.05) is 18.6 Å². The van der Waals surface area contributed by atoms with Gasteiger partial charge in [-0.2, -0.15) is 4.31 Å². The summed E-state index contributed by atoms with van der Waals surface area (Å²) in [4.78, 5) is 12.6. The number of carbonyl (C=O) groups is 1. The number of likely N-dealkylation sites (N-methyl/N-ethyl adjacent to an activating group) is 1. The number of amides is 1. The maximum atomic E-state index is 13.3. The molecule has 1 unspecified atom stereocenters. The van der Waals surface area contributed by atoms with Crippen LogP contribution in [0.3, 0.4) is 0 Å². The zero-order chi connectivity index (χ0) is 17.9. The summed E-state index contributed by atoms with van der Waals surface area (Å²) in [6.45, 7) is 0. The lowest BCUT2D eigenvalue weighted by Gasteiger charge is -2.25. The normalized spacial score (nSPS) is 12.9. The Balaban J connectivity index is 2.36. The number of hydrogen-bond acceptors (Lipinski definition) is 3. The van der Waals surface area contributed by atoms with Crippen LogP contribution < -0.4 is 5.32 Å². The van der Waals surface area contributed by atoms with Gasteiger partial charge >= 0.3 is 0 Å². The molecule has 1 N–H and O–H groups in total. The van der Waals surface area contributed by atoms with Crippen LogP contribution in [0.5, 0.6) is 0 Å². The highest BCUT2D eigenvalue weighted by Crippen LogP contribution is 2.24. The first kappa shape index (κ1) is 18.0. The fourth-order valence-electron chi connectivity index (χ4n) is 2.14. The molecule has 0 aliphatic heterocycles. The van der Waals surface area contributed by atoms with Gasteiger partial charge in [0, 0.05) is 18.8 Å². The van der Waals surface area contributed by atoms with Gasteiger partial charge in [0.2, 0.25) is 15.9 Å². The van der Waals surface area contributed by atoms with Gasteiger partial charge in [0.1, 0.15) is 6.04 Å². The maximum absolute atomic E-state index is 13.3. The minimum atomic E-state index is -3.66. The number of nitrogens with zero attached hydrogens (tertiary/aromatic N) is 1. The first-order valence-corrected chi connectivity index (χ1v) is 8.79. The number of benzene rings is 2. The topological polar surface area (TPSA) is 66.5 Å². The maximum Gasteiger partial charge on any atom is 0.247 e. The molecule has 0 heterocycles. The van der Waals surface area contributed by atoms with Gasteiger partial charge in [-0.1, -0.05) is 30.3 Å². The van der Waals surface area contributed by atoms with Crippen molar-refractivity contribution >= 4 is 21.6 Å². The Hall–Kier alpha value is -2.32. The van der Waals surface area contributed by atoms with Gasteiger partial charge in [0.15, 0.2) is 11.6 Å². The Labute approximate surface area is 139 Å². The second-order valence-electron chi connectivity index (χ2n) is 5.21. The molecule has 2 rings (SSSR count). The smallest absolute Gasteiger partial charge is 0.247 e. The quantitative estimate of drug-likeness (QED) is 0.897. The molecule has 2 aromatic rings. The van der Waals surface area contributed by atoms with Gasteiger partial charge in [0.05, 0.1) is 6.26 Å². The van der Waals surface area contributed by atoms with E-state index in [1.165, 1.54) is 13.1 Å². The van der Waals surface area contributed by atoms with Crippen LogP contribution in [0.1, 0.15) is 11.6 Å². The number of halogens is 2. The average Bonchev–Trinajstić information content (AvgIpc) is 2.51. The van der Waals surface area contributed by atoms with Gasteiger partial charge in [0.25, 0.3) is 0 Å². The van der Waals surface area contributed by atoms with Gasteiger partial charge in [-0.25, -0.2) is 17.2 Å². The summed E-state index contributed by atoms with van der Waals surface area (Å²) in [5.41, 5.74) is 0.479. The minimum absolute atomic E-state index is 0.0294. The van der Waals surface area contributed by atoms with E-state index in [1.54, 1.807) is 30.3 Å². The van der Waals surface area contributed by atoms with E-state index in [-0.39, 0.29) is 5.69 Å². The first-order valence-electron chi connectivity index (χ1n) is 6.94. The first-order chi connectivity index (χ1) is 11.2. The van der Waals surface area contributed by atoms with Crippen molar-refractivity contribution in [3.8, 4) is 0 Å². The molecule has 128 valence electrons. The van der Waals surface area contributed by atoms with Gasteiger partial charge in [-0.3, -0.25) is 4.79 Å². The molecule has 5 nitrogen and oxygen atoms in total. The van der Waals surface area contributed by atoms with Crippen molar-refractivity contribution in [3.63, 3.8) is 0 Å². The summed E-state index contributed by atoms with van der Waals surface area (Å²) < 4.78 is 50.8. The molecule has 1 amide bonds. The van der Waals surface area contributed by atoms with Crippen LogP contribution in [-0.2, 0) is 14.8 Å². The molecular weight excluding hydrogens is 338 g/mol. The van der Waals surface area contributed by atoms with Crippen LogP contribution in [-0.4, -0.2) is 31.9 Å². The molecule has 24 heavy (non-hydrogen) atoms. The molecule has 0 saturated carbocycles. The summed E-state index contributed by atoms with van der Waals surface area (Å²) in [5.74, 6) is -2.83. The Morgan fingerprint density at radius 3 is 2.25 bits per heavy atom. The standard InChI is InChI=1S/C16H16F2N2O3S/c1-20(24(2,22)23)15(11-6-4-3-5-7-11)16(21)19-12-8-9-13(17)14(18)10-12/h3-10,15H,1-2H3,(H,19,21). The number of anilines is 1. The highest BCUT2D eigenvalue weighted by molar-refractivity contribution is 7.88. The zero-order valence-corrected chi connectivity index (χ0v) is 13.8. The molecule has 0 bridgehead atoms. The van der Waals surface area contributed by atoms with Crippen molar-refractivity contribution in [3.05, 3.63) is 65.7 Å². The predicted octanol–water partition coefficient (Wildman–Crippen LogP) is 2.54. The number of rotatable bonds is 5. The van der Waals surface area contributed by atoms with Crippen molar-refractivity contribution < 1.29 is 22.0 Å². The molecule has 2 aromatic carbocycles. The van der Waals surface area contributed by atoms with E-state index >= 15 is 0 Å². The Morgan fingerprint density at radius 1 is 1.08 bits per heavy atom. The summed E-state index contributed by atoms with van der Waals surface area (Å²) in [7, 11) is -2.39. The highest BCUT2D eigenvalue weighted by atomic mass is 32.2. The molecule has 0 aliphatic carbocycles. The van der Waals surface area contributed by atoms with E-state index in [0.29, 0.717) is 5.56 Å². The van der Waals surface area contributed by atoms with E-state index in [2.05, 4.69) is 5.32 Å². The number of hydrogen-bond donors (Lipinski definition) is 1. The molecule has 0 aromatic heterocycles. The van der Waals surface area contributed by atoms with Crippen molar-refractivity contribution in [2.24, 2.45) is 0 Å². The minimum Gasteiger partial charge on any atom is -0.324 e. The summed E-state index contributed by atoms with van der Waals surface area (Å²) >= 11 is 0. The number of carbonyl (C=O) groups excluding carboxylic acids is 1. The third kappa shape index (κ3) is 4.15. The van der Waals surface area contributed by atoms with Crippen LogP contribution in [0.25, 0.3) is 0 Å². The molecule has 0 fully saturated rings. The van der Waals surface area contributed by atoms with E-state index in [0.717, 1.165) is 22.7 Å². The van der Waals surface area contributed by atoms with E-state index in [1.807, 2.05) is 0 Å². The SMILES string of the molecule is CN(C(C(=O)Nc1ccc(F)c(F)c1)c1ccccc1)S(C)(=O)=O. The second kappa shape index (κ2) is 7.06. The Morgan fingerprint density at radius 2 is 1.71 bits per heavy atom. The number of sulfonamides is 1. The second-order valence-corrected chi connectivity index (χ2v) is 7.25. The van der Waals surface area contributed by atoms with E-state index in [9.17, 15) is 22.0 Å². The van der Waals surface area contributed by atoms with Crippen LogP contribution >= 0.6 is 0 Å². The van der Waals surface area contributed by atoms with Gasteiger partial charge in [-0.15, -0.1) is 0 Å². The molecule has 0 spiro atoms. The lowest BCUT2D eigenvalue weighted by atomic mass is 10.1. The van der Waals surface area contributed by atoms with Gasteiger partial charge < -0.3 is 5.32 Å². The fraction of sp³-hybridized carbons (Fsp3) is 0.188. The molecular formula is C16H16F2N2O3S. The van der Waals surface area contributed by atoms with E-state index in [4.69, 9.17) is 0 Å². The van der Waals surface area contributed by atoms with Crippen LogP contribution in [0, 0.1) is 11.6 Å². The summed E-state index contributed by atoms with van der Waals surface area (Å²) in [5, 5.41) is 2.41. The number of nitrogens with one attached hydrogen (secondary N) is 1. The molecule has 1 atom stereocenters. The predicted molar refractivity (Wildman–Crippen MR) is 86.8 cm³/mol.